The molecule has 0 radical (unpaired) electrons. The molecule has 2 atom stereocenters. The van der Waals surface area contributed by atoms with Gasteiger partial charge in [0.1, 0.15) is 0 Å². The molecule has 1 saturated heterocycles. The molecule has 2 N–H and O–H groups in total. The molecule has 1 aliphatic heterocycles. The summed E-state index contributed by atoms with van der Waals surface area (Å²) in [6, 6.07) is 6.63. The van der Waals surface area contributed by atoms with Crippen LogP contribution in [0.4, 0.5) is 5.69 Å². The SMILES string of the molecule is Cc1ccc(N2CC(C)NCC(C(=O)O)C2)cc1C. The van der Waals surface area contributed by atoms with E-state index in [2.05, 4.69) is 49.2 Å². The molecule has 0 aromatic heterocycles. The maximum absolute atomic E-state index is 11.2. The third-order valence-electron chi connectivity index (χ3n) is 3.85. The molecule has 104 valence electrons. The van der Waals surface area contributed by atoms with Crippen LogP contribution in [0, 0.1) is 19.8 Å². The average molecular weight is 262 g/mol. The van der Waals surface area contributed by atoms with Gasteiger partial charge >= 0.3 is 5.97 Å². The van der Waals surface area contributed by atoms with Gasteiger partial charge in [0.25, 0.3) is 0 Å². The molecule has 1 aromatic carbocycles. The number of carboxylic acid groups (broad SMARTS) is 1. The lowest BCUT2D eigenvalue weighted by Crippen LogP contribution is -2.35. The first-order valence-corrected chi connectivity index (χ1v) is 6.75. The molecule has 4 heteroatoms. The van der Waals surface area contributed by atoms with E-state index < -0.39 is 5.97 Å². The maximum Gasteiger partial charge on any atom is 0.309 e. The summed E-state index contributed by atoms with van der Waals surface area (Å²) < 4.78 is 0. The van der Waals surface area contributed by atoms with Crippen molar-refractivity contribution in [1.82, 2.24) is 5.32 Å². The number of nitrogens with one attached hydrogen (secondary N) is 1. The predicted molar refractivity (Wildman–Crippen MR) is 76.7 cm³/mol. The summed E-state index contributed by atoms with van der Waals surface area (Å²) in [4.78, 5) is 13.4. The van der Waals surface area contributed by atoms with Gasteiger partial charge in [-0.05, 0) is 44.0 Å². The summed E-state index contributed by atoms with van der Waals surface area (Å²) >= 11 is 0. The molecule has 19 heavy (non-hydrogen) atoms. The number of benzene rings is 1. The van der Waals surface area contributed by atoms with Gasteiger partial charge in [0.2, 0.25) is 0 Å². The van der Waals surface area contributed by atoms with Gasteiger partial charge in [0.05, 0.1) is 5.92 Å². The van der Waals surface area contributed by atoms with E-state index in [4.69, 9.17) is 0 Å². The van der Waals surface area contributed by atoms with Gasteiger partial charge in [-0.1, -0.05) is 6.07 Å². The second kappa shape index (κ2) is 5.61. The molecular weight excluding hydrogens is 240 g/mol. The number of carbonyl (C=O) groups is 1. The summed E-state index contributed by atoms with van der Waals surface area (Å²) in [5, 5.41) is 12.5. The van der Waals surface area contributed by atoms with Crippen LogP contribution in [0.15, 0.2) is 18.2 Å². The lowest BCUT2D eigenvalue weighted by atomic mass is 10.1. The smallest absolute Gasteiger partial charge is 0.309 e. The molecule has 2 unspecified atom stereocenters. The largest absolute Gasteiger partial charge is 0.481 e. The van der Waals surface area contributed by atoms with E-state index in [9.17, 15) is 9.90 Å². The summed E-state index contributed by atoms with van der Waals surface area (Å²) in [7, 11) is 0. The van der Waals surface area contributed by atoms with Crippen molar-refractivity contribution in [2.75, 3.05) is 24.5 Å². The topological polar surface area (TPSA) is 52.6 Å². The minimum absolute atomic E-state index is 0.297. The van der Waals surface area contributed by atoms with E-state index in [-0.39, 0.29) is 5.92 Å². The summed E-state index contributed by atoms with van der Waals surface area (Å²) in [5.41, 5.74) is 3.62. The Morgan fingerprint density at radius 1 is 1.32 bits per heavy atom. The average Bonchev–Trinajstić information content (AvgIpc) is 2.55. The Morgan fingerprint density at radius 3 is 2.68 bits per heavy atom. The normalized spacial score (nSPS) is 24.1. The van der Waals surface area contributed by atoms with E-state index in [1.54, 1.807) is 0 Å². The van der Waals surface area contributed by atoms with Crippen LogP contribution >= 0.6 is 0 Å². The summed E-state index contributed by atoms with van der Waals surface area (Å²) in [6.07, 6.45) is 0. The number of nitrogens with zero attached hydrogens (tertiary/aromatic N) is 1. The van der Waals surface area contributed by atoms with Gasteiger partial charge in [-0.2, -0.15) is 0 Å². The Kier molecular flexibility index (Phi) is 4.10. The second-order valence-corrected chi connectivity index (χ2v) is 5.52. The minimum atomic E-state index is -0.726. The highest BCUT2D eigenvalue weighted by Gasteiger charge is 2.26. The molecule has 1 aliphatic rings. The third-order valence-corrected chi connectivity index (χ3v) is 3.85. The number of aryl methyl sites for hydroxylation is 2. The van der Waals surface area contributed by atoms with Gasteiger partial charge in [-0.3, -0.25) is 4.79 Å². The summed E-state index contributed by atoms with van der Waals surface area (Å²) in [6.45, 7) is 8.22. The number of hydrogen-bond acceptors (Lipinski definition) is 3. The molecule has 0 saturated carbocycles. The van der Waals surface area contributed by atoms with Crippen molar-refractivity contribution in [1.29, 1.82) is 0 Å². The van der Waals surface area contributed by atoms with E-state index in [0.29, 0.717) is 19.1 Å². The van der Waals surface area contributed by atoms with E-state index >= 15 is 0 Å². The van der Waals surface area contributed by atoms with Gasteiger partial charge in [-0.25, -0.2) is 0 Å². The fourth-order valence-corrected chi connectivity index (χ4v) is 2.44. The highest BCUT2D eigenvalue weighted by molar-refractivity contribution is 5.71. The van der Waals surface area contributed by atoms with Gasteiger partial charge in [-0.15, -0.1) is 0 Å². The molecule has 0 aliphatic carbocycles. The molecular formula is C15H22N2O2. The van der Waals surface area contributed by atoms with Crippen LogP contribution in [-0.2, 0) is 4.79 Å². The molecule has 2 rings (SSSR count). The van der Waals surface area contributed by atoms with Crippen LogP contribution in [0.5, 0.6) is 0 Å². The maximum atomic E-state index is 11.2. The first kappa shape index (κ1) is 13.9. The zero-order valence-corrected chi connectivity index (χ0v) is 11.8. The Bertz CT molecular complexity index is 473. The first-order chi connectivity index (χ1) is 8.97. The number of anilines is 1. The van der Waals surface area contributed by atoms with Crippen molar-refractivity contribution < 1.29 is 9.90 Å². The van der Waals surface area contributed by atoms with Crippen LogP contribution < -0.4 is 10.2 Å². The van der Waals surface area contributed by atoms with Crippen molar-refractivity contribution in [3.05, 3.63) is 29.3 Å². The van der Waals surface area contributed by atoms with Crippen LogP contribution in [0.2, 0.25) is 0 Å². The molecule has 0 amide bonds. The fourth-order valence-electron chi connectivity index (χ4n) is 2.44. The van der Waals surface area contributed by atoms with Gasteiger partial charge < -0.3 is 15.3 Å². The minimum Gasteiger partial charge on any atom is -0.481 e. The molecule has 1 fully saturated rings. The molecule has 4 nitrogen and oxygen atoms in total. The zero-order chi connectivity index (χ0) is 14.0. The van der Waals surface area contributed by atoms with E-state index in [1.807, 2.05) is 0 Å². The van der Waals surface area contributed by atoms with Crippen molar-refractivity contribution in [2.24, 2.45) is 5.92 Å². The van der Waals surface area contributed by atoms with Crippen molar-refractivity contribution >= 4 is 11.7 Å². The van der Waals surface area contributed by atoms with Gasteiger partial charge in [0.15, 0.2) is 0 Å². The Morgan fingerprint density at radius 2 is 2.05 bits per heavy atom. The van der Waals surface area contributed by atoms with Crippen molar-refractivity contribution in [3.8, 4) is 0 Å². The fraction of sp³-hybridized carbons (Fsp3) is 0.533. The first-order valence-electron chi connectivity index (χ1n) is 6.75. The van der Waals surface area contributed by atoms with Gasteiger partial charge in [0, 0.05) is 31.4 Å². The molecule has 1 heterocycles. The lowest BCUT2D eigenvalue weighted by molar-refractivity contribution is -0.141. The lowest BCUT2D eigenvalue weighted by Gasteiger charge is -2.26. The predicted octanol–water partition coefficient (Wildman–Crippen LogP) is 1.80. The Labute approximate surface area is 114 Å². The summed E-state index contributed by atoms with van der Waals surface area (Å²) in [5.74, 6) is -1.08. The number of aliphatic carboxylic acids is 1. The van der Waals surface area contributed by atoms with E-state index in [0.717, 1.165) is 12.2 Å². The number of hydrogen-bond donors (Lipinski definition) is 2. The van der Waals surface area contributed by atoms with Crippen LogP contribution in [0.3, 0.4) is 0 Å². The quantitative estimate of drug-likeness (QED) is 0.853. The number of rotatable bonds is 2. The monoisotopic (exact) mass is 262 g/mol. The van der Waals surface area contributed by atoms with Crippen molar-refractivity contribution in [3.63, 3.8) is 0 Å². The Hall–Kier alpha value is -1.55. The Balaban J connectivity index is 2.24. The highest BCUT2D eigenvalue weighted by atomic mass is 16.4. The molecule has 0 spiro atoms. The standard InChI is InChI=1S/C15H22N2O2/c1-10-4-5-14(6-11(10)2)17-8-12(3)16-7-13(9-17)15(18)19/h4-6,12-13,16H,7-9H2,1-3H3,(H,18,19). The van der Waals surface area contributed by atoms with E-state index in [1.165, 1.54) is 11.1 Å². The zero-order valence-electron chi connectivity index (χ0n) is 11.8. The molecule has 1 aromatic rings. The number of carboxylic acids is 1. The van der Waals surface area contributed by atoms with Crippen LogP contribution in [0.25, 0.3) is 0 Å². The third kappa shape index (κ3) is 3.26. The highest BCUT2D eigenvalue weighted by Crippen LogP contribution is 2.21. The van der Waals surface area contributed by atoms with Crippen LogP contribution in [-0.4, -0.2) is 36.8 Å². The second-order valence-electron chi connectivity index (χ2n) is 5.52. The van der Waals surface area contributed by atoms with Crippen molar-refractivity contribution in [2.45, 2.75) is 26.8 Å². The van der Waals surface area contributed by atoms with Crippen LogP contribution in [0.1, 0.15) is 18.1 Å². The molecule has 0 bridgehead atoms.